The van der Waals surface area contributed by atoms with Crippen molar-refractivity contribution in [2.75, 3.05) is 0 Å². The van der Waals surface area contributed by atoms with E-state index < -0.39 is 0 Å². The van der Waals surface area contributed by atoms with Gasteiger partial charge in [0.05, 0.1) is 0 Å². The molecular weight excluding hydrogens is 473 g/mol. The molecule has 8 aromatic rings. The molecule has 36 heavy (non-hydrogen) atoms. The Morgan fingerprint density at radius 1 is 0.361 bits per heavy atom. The van der Waals surface area contributed by atoms with Crippen LogP contribution in [-0.2, 0) is 0 Å². The molecule has 2 heteroatoms. The highest BCUT2D eigenvalue weighted by Gasteiger charge is 2.19. The monoisotopic (exact) mass is 492 g/mol. The van der Waals surface area contributed by atoms with Crippen molar-refractivity contribution < 1.29 is 0 Å². The lowest BCUT2D eigenvalue weighted by Gasteiger charge is -2.16. The summed E-state index contributed by atoms with van der Waals surface area (Å²) in [7, 11) is 0. The summed E-state index contributed by atoms with van der Waals surface area (Å²) in [5.41, 5.74) is 3.93. The van der Waals surface area contributed by atoms with E-state index in [9.17, 15) is 0 Å². The second-order valence-electron chi connectivity index (χ2n) is 9.27. The molecule has 0 aliphatic heterocycles. The smallest absolute Gasteiger partial charge is 0.0442 e. The molecule has 0 nitrogen and oxygen atoms in total. The molecule has 6 aromatic carbocycles. The Labute approximate surface area is 216 Å². The van der Waals surface area contributed by atoms with Crippen LogP contribution in [0.5, 0.6) is 0 Å². The third-order valence-corrected chi connectivity index (χ3v) is 9.62. The summed E-state index contributed by atoms with van der Waals surface area (Å²) in [6, 6.07) is 44.5. The number of hydrogen-bond donors (Lipinski definition) is 0. The van der Waals surface area contributed by atoms with Gasteiger partial charge in [-0.1, -0.05) is 103 Å². The summed E-state index contributed by atoms with van der Waals surface area (Å²) in [6.07, 6.45) is 0. The maximum Gasteiger partial charge on any atom is 0.0442 e. The molecule has 168 valence electrons. The quantitative estimate of drug-likeness (QED) is 0.211. The minimum absolute atomic E-state index is 1.26. The van der Waals surface area contributed by atoms with Gasteiger partial charge in [-0.05, 0) is 50.9 Å². The molecule has 0 bridgehead atoms. The molecular formula is C34H20S2. The van der Waals surface area contributed by atoms with E-state index in [0.29, 0.717) is 0 Å². The van der Waals surface area contributed by atoms with Gasteiger partial charge in [0.25, 0.3) is 0 Å². The summed E-state index contributed by atoms with van der Waals surface area (Å²) in [4.78, 5) is 1.34. The Morgan fingerprint density at radius 3 is 1.61 bits per heavy atom. The van der Waals surface area contributed by atoms with E-state index >= 15 is 0 Å². The highest BCUT2D eigenvalue weighted by molar-refractivity contribution is 7.28. The van der Waals surface area contributed by atoms with E-state index in [1.54, 1.807) is 0 Å². The Balaban J connectivity index is 1.50. The van der Waals surface area contributed by atoms with Gasteiger partial charge in [0, 0.05) is 40.7 Å². The minimum Gasteiger partial charge on any atom is -0.135 e. The molecule has 0 fully saturated rings. The van der Waals surface area contributed by atoms with Crippen molar-refractivity contribution in [3.05, 3.63) is 121 Å². The Bertz CT molecular complexity index is 2030. The first-order valence-electron chi connectivity index (χ1n) is 12.2. The number of benzene rings is 6. The molecule has 2 aromatic heterocycles. The SMILES string of the molecule is c1ccc(-c2c3ccccc3c(-c3cc4c(ccc5c6ccccc6sc45)s3)c3ccccc23)cc1. The molecule has 0 unspecified atom stereocenters. The number of rotatable bonds is 2. The fraction of sp³-hybridized carbons (Fsp3) is 0. The molecule has 8 rings (SSSR count). The van der Waals surface area contributed by atoms with Gasteiger partial charge >= 0.3 is 0 Å². The van der Waals surface area contributed by atoms with Gasteiger partial charge in [0.15, 0.2) is 0 Å². The predicted molar refractivity (Wildman–Crippen MR) is 161 cm³/mol. The van der Waals surface area contributed by atoms with Crippen LogP contribution in [0, 0.1) is 0 Å². The molecule has 0 aliphatic rings. The van der Waals surface area contributed by atoms with Crippen molar-refractivity contribution in [2.24, 2.45) is 0 Å². The zero-order valence-corrected chi connectivity index (χ0v) is 21.0. The highest BCUT2D eigenvalue weighted by Crippen LogP contribution is 2.48. The minimum atomic E-state index is 1.26. The van der Waals surface area contributed by atoms with Crippen LogP contribution in [0.15, 0.2) is 121 Å². The van der Waals surface area contributed by atoms with Gasteiger partial charge in [-0.25, -0.2) is 0 Å². The second-order valence-corrected chi connectivity index (χ2v) is 11.4. The van der Waals surface area contributed by atoms with Crippen molar-refractivity contribution in [2.45, 2.75) is 0 Å². The van der Waals surface area contributed by atoms with Crippen molar-refractivity contribution in [3.63, 3.8) is 0 Å². The lowest BCUT2D eigenvalue weighted by atomic mass is 9.88. The molecule has 0 saturated heterocycles. The Morgan fingerprint density at radius 2 is 0.917 bits per heavy atom. The van der Waals surface area contributed by atoms with Crippen LogP contribution in [0.25, 0.3) is 73.4 Å². The first kappa shape index (κ1) is 20.2. The molecule has 0 spiro atoms. The third kappa shape index (κ3) is 2.86. The fourth-order valence-corrected chi connectivity index (χ4v) is 8.16. The average Bonchev–Trinajstić information content (AvgIpc) is 3.53. The fourth-order valence-electron chi connectivity index (χ4n) is 5.73. The number of hydrogen-bond acceptors (Lipinski definition) is 2. The lowest BCUT2D eigenvalue weighted by Crippen LogP contribution is -1.89. The molecule has 0 radical (unpaired) electrons. The van der Waals surface area contributed by atoms with E-state index in [0.717, 1.165) is 0 Å². The molecule has 0 aliphatic carbocycles. The van der Waals surface area contributed by atoms with E-state index in [-0.39, 0.29) is 0 Å². The zero-order valence-electron chi connectivity index (χ0n) is 19.4. The summed E-state index contributed by atoms with van der Waals surface area (Å²) >= 11 is 3.83. The van der Waals surface area contributed by atoms with Crippen LogP contribution in [0.1, 0.15) is 0 Å². The standard InChI is InChI=1S/C34H20S2/c1-2-10-21(11-3-1)32-23-13-4-6-15-25(23)33(26-16-7-5-14-24(26)32)31-20-28-30(35-31)19-18-27-22-12-8-9-17-29(22)36-34(27)28/h1-20H. The van der Waals surface area contributed by atoms with Crippen molar-refractivity contribution >= 4 is 74.5 Å². The molecule has 2 heterocycles. The van der Waals surface area contributed by atoms with Crippen LogP contribution >= 0.6 is 22.7 Å². The van der Waals surface area contributed by atoms with Gasteiger partial charge in [0.1, 0.15) is 0 Å². The normalized spacial score (nSPS) is 11.9. The number of thiophene rings is 2. The van der Waals surface area contributed by atoms with Gasteiger partial charge in [-0.15, -0.1) is 22.7 Å². The molecule has 0 N–H and O–H groups in total. The summed E-state index contributed by atoms with van der Waals surface area (Å²) < 4.78 is 4.10. The Kier molecular flexibility index (Phi) is 4.36. The van der Waals surface area contributed by atoms with Gasteiger partial charge in [-0.2, -0.15) is 0 Å². The molecule has 0 saturated carbocycles. The Hall–Kier alpha value is -3.98. The van der Waals surface area contributed by atoms with Crippen LogP contribution in [-0.4, -0.2) is 0 Å². The maximum atomic E-state index is 2.44. The summed E-state index contributed by atoms with van der Waals surface area (Å²) in [5.74, 6) is 0. The largest absolute Gasteiger partial charge is 0.135 e. The second kappa shape index (κ2) is 7.76. The average molecular weight is 493 g/mol. The van der Waals surface area contributed by atoms with Crippen molar-refractivity contribution in [3.8, 4) is 21.6 Å². The molecule has 0 amide bonds. The number of fused-ring (bicyclic) bond motifs is 7. The summed E-state index contributed by atoms with van der Waals surface area (Å²) in [5, 5.41) is 9.33. The lowest BCUT2D eigenvalue weighted by molar-refractivity contribution is 1.67. The van der Waals surface area contributed by atoms with Gasteiger partial charge in [0.2, 0.25) is 0 Å². The van der Waals surface area contributed by atoms with Gasteiger partial charge in [-0.3, -0.25) is 0 Å². The van der Waals surface area contributed by atoms with Crippen LogP contribution in [0.4, 0.5) is 0 Å². The first-order valence-corrected chi connectivity index (χ1v) is 13.8. The summed E-state index contributed by atoms with van der Waals surface area (Å²) in [6.45, 7) is 0. The van der Waals surface area contributed by atoms with Crippen LogP contribution in [0.2, 0.25) is 0 Å². The van der Waals surface area contributed by atoms with Crippen LogP contribution < -0.4 is 0 Å². The van der Waals surface area contributed by atoms with E-state index in [1.807, 2.05) is 22.7 Å². The van der Waals surface area contributed by atoms with E-state index in [2.05, 4.69) is 121 Å². The van der Waals surface area contributed by atoms with Crippen LogP contribution in [0.3, 0.4) is 0 Å². The first-order chi connectivity index (χ1) is 17.9. The highest BCUT2D eigenvalue weighted by atomic mass is 32.1. The van der Waals surface area contributed by atoms with Crippen molar-refractivity contribution in [1.29, 1.82) is 0 Å². The predicted octanol–water partition coefficient (Wildman–Crippen LogP) is 10.9. The molecule has 0 atom stereocenters. The maximum absolute atomic E-state index is 2.44. The topological polar surface area (TPSA) is 0 Å². The van der Waals surface area contributed by atoms with Gasteiger partial charge < -0.3 is 0 Å². The van der Waals surface area contributed by atoms with E-state index in [1.165, 1.54) is 73.4 Å². The third-order valence-electron chi connectivity index (χ3n) is 7.28. The van der Waals surface area contributed by atoms with Crippen molar-refractivity contribution in [1.82, 2.24) is 0 Å². The zero-order chi connectivity index (χ0) is 23.6. The van der Waals surface area contributed by atoms with E-state index in [4.69, 9.17) is 0 Å².